The third-order valence-corrected chi connectivity index (χ3v) is 3.99. The molecule has 7 heteroatoms. The number of carbonyl (C=O) groups excluding carboxylic acids is 2. The number of carboxylic acid groups (broad SMARTS) is 1. The van der Waals surface area contributed by atoms with Gasteiger partial charge in [-0.2, -0.15) is 0 Å². The molecular formula is C15H27N3O4. The summed E-state index contributed by atoms with van der Waals surface area (Å²) in [7, 11) is 0. The van der Waals surface area contributed by atoms with Crippen molar-refractivity contribution in [1.29, 1.82) is 0 Å². The normalized spacial score (nSPS) is 18.1. The molecule has 0 spiro atoms. The highest BCUT2D eigenvalue weighted by Crippen LogP contribution is 2.17. The Kier molecular flexibility index (Phi) is 7.14. The van der Waals surface area contributed by atoms with Crippen LogP contribution in [0.5, 0.6) is 0 Å². The summed E-state index contributed by atoms with van der Waals surface area (Å²) in [5, 5.41) is 17.0. The fourth-order valence-corrected chi connectivity index (χ4v) is 2.72. The molecule has 1 fully saturated rings. The summed E-state index contributed by atoms with van der Waals surface area (Å²) in [4.78, 5) is 34.8. The first kappa shape index (κ1) is 18.3. The Morgan fingerprint density at radius 2 is 1.82 bits per heavy atom. The molecule has 0 bridgehead atoms. The highest BCUT2D eigenvalue weighted by atomic mass is 16.4. The number of urea groups is 1. The number of amides is 3. The molecule has 0 aromatic heterocycles. The summed E-state index contributed by atoms with van der Waals surface area (Å²) in [6.07, 6.45) is 6.33. The van der Waals surface area contributed by atoms with Crippen molar-refractivity contribution in [3.8, 4) is 0 Å². The van der Waals surface area contributed by atoms with E-state index in [0.717, 1.165) is 25.7 Å². The van der Waals surface area contributed by atoms with Crippen LogP contribution in [0.1, 0.15) is 58.8 Å². The average Bonchev–Trinajstić information content (AvgIpc) is 2.46. The van der Waals surface area contributed by atoms with Crippen LogP contribution in [-0.4, -0.2) is 41.1 Å². The molecular weight excluding hydrogens is 286 g/mol. The van der Waals surface area contributed by atoms with E-state index in [1.807, 2.05) is 6.92 Å². The lowest BCUT2D eigenvalue weighted by Crippen LogP contribution is -2.55. The molecule has 1 rings (SSSR count). The zero-order valence-electron chi connectivity index (χ0n) is 13.4. The van der Waals surface area contributed by atoms with Crippen molar-refractivity contribution >= 4 is 17.9 Å². The molecule has 1 saturated carbocycles. The topological polar surface area (TPSA) is 108 Å². The van der Waals surface area contributed by atoms with Crippen LogP contribution in [0.15, 0.2) is 0 Å². The van der Waals surface area contributed by atoms with Gasteiger partial charge in [-0.1, -0.05) is 32.6 Å². The van der Waals surface area contributed by atoms with Gasteiger partial charge >= 0.3 is 12.0 Å². The average molecular weight is 313 g/mol. The molecule has 0 aromatic carbocycles. The van der Waals surface area contributed by atoms with Gasteiger partial charge in [0.25, 0.3) is 0 Å². The van der Waals surface area contributed by atoms with E-state index in [2.05, 4.69) is 16.0 Å². The van der Waals surface area contributed by atoms with Gasteiger partial charge in [0.05, 0.1) is 6.54 Å². The molecule has 0 aliphatic heterocycles. The Hall–Kier alpha value is -1.79. The van der Waals surface area contributed by atoms with Gasteiger partial charge in [0.1, 0.15) is 5.54 Å². The van der Waals surface area contributed by atoms with Crippen molar-refractivity contribution in [2.24, 2.45) is 0 Å². The van der Waals surface area contributed by atoms with Crippen LogP contribution in [0.4, 0.5) is 4.79 Å². The number of hydrogen-bond donors (Lipinski definition) is 4. The lowest BCUT2D eigenvalue weighted by molar-refractivity contribution is -0.147. The molecule has 4 N–H and O–H groups in total. The van der Waals surface area contributed by atoms with Gasteiger partial charge in [0.2, 0.25) is 5.91 Å². The zero-order valence-corrected chi connectivity index (χ0v) is 13.4. The molecule has 1 aliphatic rings. The third-order valence-electron chi connectivity index (χ3n) is 3.99. The zero-order chi connectivity index (χ0) is 16.6. The predicted octanol–water partition coefficient (Wildman–Crippen LogP) is 1.38. The Labute approximate surface area is 131 Å². The molecule has 126 valence electrons. The summed E-state index contributed by atoms with van der Waals surface area (Å²) in [6, 6.07) is -0.212. The monoisotopic (exact) mass is 313 g/mol. The second-order valence-electron chi connectivity index (χ2n) is 6.10. The second kappa shape index (κ2) is 8.60. The smallest absolute Gasteiger partial charge is 0.329 e. The highest BCUT2D eigenvalue weighted by Gasteiger charge is 2.33. The standard InChI is InChI=1S/C15H27N3O4/c1-3-9-15(2,13(20)21)18-12(19)10-16-14(22)17-11-7-5-4-6-8-11/h11H,3-10H2,1-2H3,(H,18,19)(H,20,21)(H2,16,17,22). The van der Waals surface area contributed by atoms with Crippen LogP contribution in [0, 0.1) is 0 Å². The van der Waals surface area contributed by atoms with E-state index in [9.17, 15) is 19.5 Å². The summed E-state index contributed by atoms with van der Waals surface area (Å²) < 4.78 is 0. The van der Waals surface area contributed by atoms with E-state index in [4.69, 9.17) is 0 Å². The maximum absolute atomic E-state index is 11.8. The van der Waals surface area contributed by atoms with Crippen molar-refractivity contribution in [3.05, 3.63) is 0 Å². The van der Waals surface area contributed by atoms with Crippen LogP contribution < -0.4 is 16.0 Å². The van der Waals surface area contributed by atoms with Crippen molar-refractivity contribution in [2.75, 3.05) is 6.54 Å². The Morgan fingerprint density at radius 1 is 1.18 bits per heavy atom. The van der Waals surface area contributed by atoms with Crippen LogP contribution >= 0.6 is 0 Å². The molecule has 1 unspecified atom stereocenters. The lowest BCUT2D eigenvalue weighted by Gasteiger charge is -2.26. The first-order chi connectivity index (χ1) is 10.4. The molecule has 1 aliphatic carbocycles. The maximum atomic E-state index is 11.8. The SMILES string of the molecule is CCCC(C)(NC(=O)CNC(=O)NC1CCCCC1)C(=O)O. The minimum absolute atomic E-state index is 0.168. The van der Waals surface area contributed by atoms with Crippen molar-refractivity contribution in [3.63, 3.8) is 0 Å². The Bertz CT molecular complexity index is 408. The van der Waals surface area contributed by atoms with E-state index in [1.165, 1.54) is 13.3 Å². The number of nitrogens with one attached hydrogen (secondary N) is 3. The van der Waals surface area contributed by atoms with Crippen LogP contribution in [0.3, 0.4) is 0 Å². The first-order valence-electron chi connectivity index (χ1n) is 7.96. The first-order valence-corrected chi connectivity index (χ1v) is 7.96. The van der Waals surface area contributed by atoms with Crippen LogP contribution in [-0.2, 0) is 9.59 Å². The quantitative estimate of drug-likeness (QED) is 0.569. The van der Waals surface area contributed by atoms with Crippen molar-refractivity contribution < 1.29 is 19.5 Å². The fraction of sp³-hybridized carbons (Fsp3) is 0.800. The highest BCUT2D eigenvalue weighted by molar-refractivity contribution is 5.89. The van der Waals surface area contributed by atoms with Gasteiger partial charge in [-0.15, -0.1) is 0 Å². The van der Waals surface area contributed by atoms with Gasteiger partial charge in [0, 0.05) is 6.04 Å². The predicted molar refractivity (Wildman–Crippen MR) is 82.5 cm³/mol. The minimum atomic E-state index is -1.30. The van der Waals surface area contributed by atoms with E-state index < -0.39 is 17.4 Å². The summed E-state index contributed by atoms with van der Waals surface area (Å²) >= 11 is 0. The Morgan fingerprint density at radius 3 is 2.36 bits per heavy atom. The number of aliphatic carboxylic acids is 1. The molecule has 0 saturated heterocycles. The van der Waals surface area contributed by atoms with Crippen LogP contribution in [0.25, 0.3) is 0 Å². The van der Waals surface area contributed by atoms with Gasteiger partial charge in [-0.3, -0.25) is 4.79 Å². The van der Waals surface area contributed by atoms with Crippen molar-refractivity contribution in [2.45, 2.75) is 70.4 Å². The maximum Gasteiger partial charge on any atom is 0.329 e. The number of carboxylic acids is 1. The van der Waals surface area contributed by atoms with E-state index in [1.54, 1.807) is 0 Å². The molecule has 7 nitrogen and oxygen atoms in total. The van der Waals surface area contributed by atoms with Gasteiger partial charge in [0.15, 0.2) is 0 Å². The van der Waals surface area contributed by atoms with Gasteiger partial charge in [-0.25, -0.2) is 9.59 Å². The molecule has 22 heavy (non-hydrogen) atoms. The van der Waals surface area contributed by atoms with Crippen molar-refractivity contribution in [1.82, 2.24) is 16.0 Å². The van der Waals surface area contributed by atoms with E-state index in [0.29, 0.717) is 12.8 Å². The lowest BCUT2D eigenvalue weighted by atomic mass is 9.96. The molecule has 1 atom stereocenters. The third kappa shape index (κ3) is 5.91. The fourth-order valence-electron chi connectivity index (χ4n) is 2.72. The molecule has 0 aromatic rings. The van der Waals surface area contributed by atoms with E-state index in [-0.39, 0.29) is 18.6 Å². The van der Waals surface area contributed by atoms with Gasteiger partial charge in [-0.05, 0) is 26.2 Å². The number of carbonyl (C=O) groups is 3. The minimum Gasteiger partial charge on any atom is -0.480 e. The summed E-state index contributed by atoms with van der Waals surface area (Å²) in [5.74, 6) is -1.58. The summed E-state index contributed by atoms with van der Waals surface area (Å²) in [5.41, 5.74) is -1.30. The largest absolute Gasteiger partial charge is 0.480 e. The van der Waals surface area contributed by atoms with Crippen LogP contribution in [0.2, 0.25) is 0 Å². The molecule has 3 amide bonds. The van der Waals surface area contributed by atoms with E-state index >= 15 is 0 Å². The molecule has 0 radical (unpaired) electrons. The molecule has 0 heterocycles. The van der Waals surface area contributed by atoms with Gasteiger partial charge < -0.3 is 21.1 Å². The second-order valence-corrected chi connectivity index (χ2v) is 6.10. The Balaban J connectivity index is 2.34. The number of rotatable bonds is 7. The summed E-state index contributed by atoms with van der Waals surface area (Å²) in [6.45, 7) is 3.09. The number of hydrogen-bond acceptors (Lipinski definition) is 3.